The Labute approximate surface area is 136 Å². The van der Waals surface area contributed by atoms with Crippen molar-refractivity contribution in [2.24, 2.45) is 0 Å². The molecule has 2 N–H and O–H groups in total. The number of urea groups is 1. The van der Waals surface area contributed by atoms with Crippen LogP contribution in [0.3, 0.4) is 0 Å². The summed E-state index contributed by atoms with van der Waals surface area (Å²) >= 11 is 0. The summed E-state index contributed by atoms with van der Waals surface area (Å²) < 4.78 is 7.15. The Morgan fingerprint density at radius 2 is 1.96 bits per heavy atom. The third-order valence-corrected chi connectivity index (χ3v) is 3.55. The first-order valence-corrected chi connectivity index (χ1v) is 7.88. The summed E-state index contributed by atoms with van der Waals surface area (Å²) in [5.41, 5.74) is 1.17. The van der Waals surface area contributed by atoms with E-state index in [4.69, 9.17) is 4.74 Å². The molecule has 2 amide bonds. The van der Waals surface area contributed by atoms with E-state index in [9.17, 15) is 4.79 Å². The van der Waals surface area contributed by atoms with Crippen molar-refractivity contribution in [3.05, 3.63) is 48.5 Å². The molecule has 1 aromatic carbocycles. The number of imidazole rings is 1. The number of aromatic nitrogens is 2. The zero-order valence-electron chi connectivity index (χ0n) is 13.5. The number of carbonyl (C=O) groups excluding carboxylic acids is 1. The predicted octanol–water partition coefficient (Wildman–Crippen LogP) is 2.21. The van der Waals surface area contributed by atoms with Gasteiger partial charge in [0.15, 0.2) is 0 Å². The van der Waals surface area contributed by atoms with Gasteiger partial charge in [0.25, 0.3) is 0 Å². The van der Waals surface area contributed by atoms with Crippen LogP contribution in [0.25, 0.3) is 0 Å². The highest BCUT2D eigenvalue weighted by atomic mass is 16.5. The Morgan fingerprint density at radius 3 is 2.65 bits per heavy atom. The first kappa shape index (κ1) is 16.9. The van der Waals surface area contributed by atoms with E-state index in [1.807, 2.05) is 35.0 Å². The molecule has 2 aromatic rings. The van der Waals surface area contributed by atoms with Crippen molar-refractivity contribution in [2.45, 2.75) is 25.8 Å². The minimum Gasteiger partial charge on any atom is -0.497 e. The molecule has 0 aliphatic rings. The minimum atomic E-state index is -0.110. The number of hydrogen-bond acceptors (Lipinski definition) is 3. The van der Waals surface area contributed by atoms with Gasteiger partial charge >= 0.3 is 6.03 Å². The zero-order valence-corrected chi connectivity index (χ0v) is 13.5. The molecule has 6 heteroatoms. The lowest BCUT2D eigenvalue weighted by Gasteiger charge is -2.08. The van der Waals surface area contributed by atoms with Crippen LogP contribution in [0.2, 0.25) is 0 Å². The van der Waals surface area contributed by atoms with E-state index in [2.05, 4.69) is 15.6 Å². The highest BCUT2D eigenvalue weighted by molar-refractivity contribution is 5.73. The number of nitrogens with one attached hydrogen (secondary N) is 2. The highest BCUT2D eigenvalue weighted by Gasteiger charge is 2.00. The third-order valence-electron chi connectivity index (χ3n) is 3.55. The number of carbonyl (C=O) groups is 1. The average molecular weight is 316 g/mol. The van der Waals surface area contributed by atoms with Crippen LogP contribution < -0.4 is 15.4 Å². The summed E-state index contributed by atoms with van der Waals surface area (Å²) in [6.45, 7) is 2.23. The lowest BCUT2D eigenvalue weighted by atomic mass is 10.1. The molecule has 0 spiro atoms. The lowest BCUT2D eigenvalue weighted by Crippen LogP contribution is -2.37. The van der Waals surface area contributed by atoms with E-state index in [1.165, 1.54) is 5.56 Å². The zero-order chi connectivity index (χ0) is 16.3. The second-order valence-corrected chi connectivity index (χ2v) is 5.29. The maximum Gasteiger partial charge on any atom is 0.314 e. The second kappa shape index (κ2) is 9.50. The normalized spacial score (nSPS) is 10.3. The first-order valence-electron chi connectivity index (χ1n) is 7.88. The SMILES string of the molecule is COc1ccc(CCNC(=O)NCCCCn2ccnc2)cc1. The molecule has 0 bridgehead atoms. The second-order valence-electron chi connectivity index (χ2n) is 5.29. The Balaban J connectivity index is 1.51. The molecule has 6 nitrogen and oxygen atoms in total. The fraction of sp³-hybridized carbons (Fsp3) is 0.412. The molecule has 124 valence electrons. The van der Waals surface area contributed by atoms with Gasteiger partial charge in [-0.1, -0.05) is 12.1 Å². The molecule has 0 aliphatic carbocycles. The van der Waals surface area contributed by atoms with Crippen molar-refractivity contribution < 1.29 is 9.53 Å². The third kappa shape index (κ3) is 6.42. The van der Waals surface area contributed by atoms with E-state index >= 15 is 0 Å². The van der Waals surface area contributed by atoms with Crippen LogP contribution in [0, 0.1) is 0 Å². The van der Waals surface area contributed by atoms with Crippen LogP contribution in [0.1, 0.15) is 18.4 Å². The highest BCUT2D eigenvalue weighted by Crippen LogP contribution is 2.11. The van der Waals surface area contributed by atoms with Gasteiger partial charge in [-0.3, -0.25) is 0 Å². The lowest BCUT2D eigenvalue weighted by molar-refractivity contribution is 0.241. The van der Waals surface area contributed by atoms with E-state index in [0.717, 1.165) is 31.6 Å². The number of benzene rings is 1. The van der Waals surface area contributed by atoms with Crippen LogP contribution in [-0.2, 0) is 13.0 Å². The summed E-state index contributed by atoms with van der Waals surface area (Å²) in [7, 11) is 1.65. The average Bonchev–Trinajstić information content (AvgIpc) is 3.08. The molecule has 0 aliphatic heterocycles. The fourth-order valence-corrected chi connectivity index (χ4v) is 2.22. The van der Waals surface area contributed by atoms with Crippen LogP contribution in [-0.4, -0.2) is 35.8 Å². The number of aryl methyl sites for hydroxylation is 1. The number of methoxy groups -OCH3 is 1. The van der Waals surface area contributed by atoms with E-state index < -0.39 is 0 Å². The largest absolute Gasteiger partial charge is 0.497 e. The number of amides is 2. The molecule has 23 heavy (non-hydrogen) atoms. The van der Waals surface area contributed by atoms with Crippen LogP contribution >= 0.6 is 0 Å². The van der Waals surface area contributed by atoms with Gasteiger partial charge in [-0.25, -0.2) is 9.78 Å². The molecule has 0 saturated heterocycles. The van der Waals surface area contributed by atoms with Crippen molar-refractivity contribution in [1.29, 1.82) is 0 Å². The molecule has 1 aromatic heterocycles. The number of hydrogen-bond donors (Lipinski definition) is 2. The molecule has 1 heterocycles. The summed E-state index contributed by atoms with van der Waals surface area (Å²) in [5.74, 6) is 0.843. The van der Waals surface area contributed by atoms with Crippen molar-refractivity contribution >= 4 is 6.03 Å². The van der Waals surface area contributed by atoms with Crippen molar-refractivity contribution in [3.8, 4) is 5.75 Å². The Morgan fingerprint density at radius 1 is 1.17 bits per heavy atom. The summed E-state index contributed by atoms with van der Waals surface area (Å²) in [4.78, 5) is 15.7. The van der Waals surface area contributed by atoms with Crippen molar-refractivity contribution in [2.75, 3.05) is 20.2 Å². The van der Waals surface area contributed by atoms with Crippen LogP contribution in [0.15, 0.2) is 43.0 Å². The minimum absolute atomic E-state index is 0.110. The monoisotopic (exact) mass is 316 g/mol. The smallest absolute Gasteiger partial charge is 0.314 e. The van der Waals surface area contributed by atoms with Gasteiger partial charge in [-0.15, -0.1) is 0 Å². The summed E-state index contributed by atoms with van der Waals surface area (Å²) in [6, 6.07) is 7.76. The molecular formula is C17H24N4O2. The van der Waals surface area contributed by atoms with Crippen LogP contribution in [0.4, 0.5) is 4.79 Å². The van der Waals surface area contributed by atoms with E-state index in [0.29, 0.717) is 13.1 Å². The standard InChI is InChI=1S/C17H24N4O2/c1-23-16-6-4-15(5-7-16)8-10-20-17(22)19-9-2-3-12-21-13-11-18-14-21/h4-7,11,13-14H,2-3,8-10,12H2,1H3,(H2,19,20,22). The number of unbranched alkanes of at least 4 members (excludes halogenated alkanes) is 1. The Hall–Kier alpha value is -2.50. The molecule has 2 rings (SSSR count). The van der Waals surface area contributed by atoms with Gasteiger partial charge in [0.1, 0.15) is 5.75 Å². The Bertz CT molecular complexity index is 567. The topological polar surface area (TPSA) is 68.2 Å². The van der Waals surface area contributed by atoms with Gasteiger partial charge in [-0.2, -0.15) is 0 Å². The van der Waals surface area contributed by atoms with E-state index in [1.54, 1.807) is 19.6 Å². The Kier molecular flexibility index (Phi) is 6.97. The van der Waals surface area contributed by atoms with Gasteiger partial charge in [0, 0.05) is 32.0 Å². The number of rotatable bonds is 9. The molecule has 0 saturated carbocycles. The molecular weight excluding hydrogens is 292 g/mol. The number of ether oxygens (including phenoxy) is 1. The van der Waals surface area contributed by atoms with Gasteiger partial charge < -0.3 is 19.9 Å². The number of nitrogens with zero attached hydrogens (tertiary/aromatic N) is 2. The van der Waals surface area contributed by atoms with Crippen molar-refractivity contribution in [1.82, 2.24) is 20.2 Å². The van der Waals surface area contributed by atoms with Gasteiger partial charge in [0.05, 0.1) is 13.4 Å². The maximum atomic E-state index is 11.7. The molecule has 0 unspecified atom stereocenters. The fourth-order valence-electron chi connectivity index (χ4n) is 2.22. The summed E-state index contributed by atoms with van der Waals surface area (Å²) in [6.07, 6.45) is 8.29. The molecule has 0 atom stereocenters. The van der Waals surface area contributed by atoms with Gasteiger partial charge in [-0.05, 0) is 37.0 Å². The van der Waals surface area contributed by atoms with Crippen molar-refractivity contribution in [3.63, 3.8) is 0 Å². The quantitative estimate of drug-likeness (QED) is 0.697. The van der Waals surface area contributed by atoms with Crippen LogP contribution in [0.5, 0.6) is 5.75 Å². The van der Waals surface area contributed by atoms with Gasteiger partial charge in [0.2, 0.25) is 0 Å². The van der Waals surface area contributed by atoms with E-state index in [-0.39, 0.29) is 6.03 Å². The molecule has 0 radical (unpaired) electrons. The first-order chi connectivity index (χ1) is 11.3. The predicted molar refractivity (Wildman–Crippen MR) is 89.6 cm³/mol. The summed E-state index contributed by atoms with van der Waals surface area (Å²) in [5, 5.41) is 5.74. The maximum absolute atomic E-state index is 11.7. The molecule has 0 fully saturated rings.